The van der Waals surface area contributed by atoms with Gasteiger partial charge in [-0.05, 0) is 31.7 Å². The molecule has 2 rings (SSSR count). The van der Waals surface area contributed by atoms with Gasteiger partial charge in [0.2, 0.25) is 0 Å². The third kappa shape index (κ3) is 3.01. The highest BCUT2D eigenvalue weighted by Crippen LogP contribution is 2.36. The Hall–Kier alpha value is -1.02. The molecule has 94 valence electrons. The summed E-state index contributed by atoms with van der Waals surface area (Å²) in [6.07, 6.45) is 2.20. The van der Waals surface area contributed by atoms with Crippen LogP contribution in [0.25, 0.3) is 0 Å². The van der Waals surface area contributed by atoms with Crippen LogP contribution in [-0.4, -0.2) is 17.7 Å². The van der Waals surface area contributed by atoms with Crippen LogP contribution in [0.5, 0.6) is 0 Å². The Kier molecular flexibility index (Phi) is 3.72. The van der Waals surface area contributed by atoms with Gasteiger partial charge in [-0.2, -0.15) is 0 Å². The van der Waals surface area contributed by atoms with Gasteiger partial charge in [-0.3, -0.25) is 0 Å². The molecule has 17 heavy (non-hydrogen) atoms. The normalized spacial score (nSPS) is 17.2. The molecule has 0 unspecified atom stereocenters. The number of nitrogens with zero attached hydrogens (tertiary/aromatic N) is 1. The first-order chi connectivity index (χ1) is 8.09. The van der Waals surface area contributed by atoms with Gasteiger partial charge in [-0.15, -0.1) is 0 Å². The predicted molar refractivity (Wildman–Crippen MR) is 72.3 cm³/mol. The van der Waals surface area contributed by atoms with Crippen molar-refractivity contribution in [2.45, 2.75) is 45.8 Å². The van der Waals surface area contributed by atoms with Gasteiger partial charge in [0.15, 0.2) is 0 Å². The van der Waals surface area contributed by atoms with Gasteiger partial charge in [0.1, 0.15) is 0 Å². The lowest BCUT2D eigenvalue weighted by molar-refractivity contribution is 0.199. The lowest BCUT2D eigenvalue weighted by atomic mass is 10.1. The van der Waals surface area contributed by atoms with Gasteiger partial charge in [-0.25, -0.2) is 0 Å². The standard InChI is InChI=1S/C15H23NO/c1-11(2)10-16(13-8-9-13)15-7-5-4-6-14(15)12(3)17/h4-7,11-13,17H,8-10H2,1-3H3/t12-/m1/s1. The number of hydrogen-bond donors (Lipinski definition) is 1. The molecule has 1 atom stereocenters. The number of rotatable bonds is 5. The van der Waals surface area contributed by atoms with Crippen LogP contribution in [-0.2, 0) is 0 Å². The maximum absolute atomic E-state index is 9.86. The summed E-state index contributed by atoms with van der Waals surface area (Å²) in [6, 6.07) is 8.94. The summed E-state index contributed by atoms with van der Waals surface area (Å²) in [5, 5.41) is 9.86. The minimum Gasteiger partial charge on any atom is -0.389 e. The van der Waals surface area contributed by atoms with Gasteiger partial charge < -0.3 is 10.0 Å². The Morgan fingerprint density at radius 2 is 1.88 bits per heavy atom. The highest BCUT2D eigenvalue weighted by Gasteiger charge is 2.31. The van der Waals surface area contributed by atoms with Crippen LogP contribution in [0.2, 0.25) is 0 Å². The molecule has 1 aliphatic rings. The van der Waals surface area contributed by atoms with E-state index in [4.69, 9.17) is 0 Å². The average Bonchev–Trinajstić information content (AvgIpc) is 3.09. The van der Waals surface area contributed by atoms with Gasteiger partial charge in [0.05, 0.1) is 6.10 Å². The summed E-state index contributed by atoms with van der Waals surface area (Å²) >= 11 is 0. The summed E-state index contributed by atoms with van der Waals surface area (Å²) < 4.78 is 0. The maximum Gasteiger partial charge on any atom is 0.0781 e. The largest absolute Gasteiger partial charge is 0.389 e. The van der Waals surface area contributed by atoms with E-state index in [-0.39, 0.29) is 6.10 Å². The van der Waals surface area contributed by atoms with Gasteiger partial charge in [0, 0.05) is 23.8 Å². The summed E-state index contributed by atoms with van der Waals surface area (Å²) in [5.74, 6) is 0.651. The molecule has 2 nitrogen and oxygen atoms in total. The number of anilines is 1. The number of hydrogen-bond acceptors (Lipinski definition) is 2. The van der Waals surface area contributed by atoms with Gasteiger partial charge >= 0.3 is 0 Å². The van der Waals surface area contributed by atoms with Gasteiger partial charge in [-0.1, -0.05) is 32.0 Å². The fraction of sp³-hybridized carbons (Fsp3) is 0.600. The van der Waals surface area contributed by atoms with E-state index in [9.17, 15) is 5.11 Å². The molecule has 0 radical (unpaired) electrons. The zero-order valence-corrected chi connectivity index (χ0v) is 11.1. The topological polar surface area (TPSA) is 23.5 Å². The van der Waals surface area contributed by atoms with E-state index in [1.54, 1.807) is 0 Å². The minimum atomic E-state index is -0.389. The van der Waals surface area contributed by atoms with Crippen molar-refractivity contribution in [3.05, 3.63) is 29.8 Å². The molecular formula is C15H23NO. The fourth-order valence-corrected chi connectivity index (χ4v) is 2.33. The number of aliphatic hydroxyl groups excluding tert-OH is 1. The van der Waals surface area contributed by atoms with Crippen LogP contribution in [0.15, 0.2) is 24.3 Å². The summed E-state index contributed by atoms with van der Waals surface area (Å²) in [4.78, 5) is 2.48. The van der Waals surface area contributed by atoms with E-state index in [0.29, 0.717) is 12.0 Å². The molecule has 0 aromatic heterocycles. The van der Waals surface area contributed by atoms with E-state index in [1.165, 1.54) is 18.5 Å². The highest BCUT2D eigenvalue weighted by molar-refractivity contribution is 5.56. The third-order valence-corrected chi connectivity index (χ3v) is 3.25. The van der Waals surface area contributed by atoms with E-state index in [0.717, 1.165) is 12.1 Å². The summed E-state index contributed by atoms with van der Waals surface area (Å²) in [6.45, 7) is 7.43. The second kappa shape index (κ2) is 5.09. The van der Waals surface area contributed by atoms with E-state index >= 15 is 0 Å². The second-order valence-electron chi connectivity index (χ2n) is 5.51. The monoisotopic (exact) mass is 233 g/mol. The molecule has 2 heteroatoms. The fourth-order valence-electron chi connectivity index (χ4n) is 2.33. The van der Waals surface area contributed by atoms with Crippen LogP contribution in [0, 0.1) is 5.92 Å². The zero-order chi connectivity index (χ0) is 12.4. The lowest BCUT2D eigenvalue weighted by Crippen LogP contribution is -2.30. The Morgan fingerprint density at radius 3 is 2.41 bits per heavy atom. The van der Waals surface area contributed by atoms with Crippen LogP contribution >= 0.6 is 0 Å². The SMILES string of the molecule is CC(C)CN(c1ccccc1[C@@H](C)O)C1CC1. The Bertz CT molecular complexity index is 369. The molecule has 1 fully saturated rings. The number of benzene rings is 1. The molecule has 1 N–H and O–H groups in total. The smallest absolute Gasteiger partial charge is 0.0781 e. The van der Waals surface area contributed by atoms with Gasteiger partial charge in [0.25, 0.3) is 0 Å². The highest BCUT2D eigenvalue weighted by atomic mass is 16.3. The molecular weight excluding hydrogens is 210 g/mol. The summed E-state index contributed by atoms with van der Waals surface area (Å²) in [7, 11) is 0. The molecule has 1 saturated carbocycles. The first-order valence-electron chi connectivity index (χ1n) is 6.63. The molecule has 0 aliphatic heterocycles. The van der Waals surface area contributed by atoms with Crippen molar-refractivity contribution in [1.82, 2.24) is 0 Å². The van der Waals surface area contributed by atoms with Crippen LogP contribution < -0.4 is 4.90 Å². The molecule has 0 bridgehead atoms. The third-order valence-electron chi connectivity index (χ3n) is 3.25. The predicted octanol–water partition coefficient (Wildman–Crippen LogP) is 3.36. The minimum absolute atomic E-state index is 0.389. The number of aliphatic hydroxyl groups is 1. The lowest BCUT2D eigenvalue weighted by Gasteiger charge is -2.29. The Labute approximate surface area is 104 Å². The Morgan fingerprint density at radius 1 is 1.24 bits per heavy atom. The van der Waals surface area contributed by atoms with Crippen molar-refractivity contribution in [2.75, 3.05) is 11.4 Å². The second-order valence-corrected chi connectivity index (χ2v) is 5.51. The molecule has 0 saturated heterocycles. The molecule has 0 spiro atoms. The van der Waals surface area contributed by atoms with Crippen LogP contribution in [0.3, 0.4) is 0 Å². The van der Waals surface area contributed by atoms with Crippen molar-refractivity contribution in [3.8, 4) is 0 Å². The van der Waals surface area contributed by atoms with Crippen molar-refractivity contribution in [2.24, 2.45) is 5.92 Å². The average molecular weight is 233 g/mol. The quantitative estimate of drug-likeness (QED) is 0.843. The summed E-state index contributed by atoms with van der Waals surface area (Å²) in [5.41, 5.74) is 2.28. The molecule has 1 aromatic rings. The van der Waals surface area contributed by atoms with Crippen LogP contribution in [0.4, 0.5) is 5.69 Å². The first-order valence-corrected chi connectivity index (χ1v) is 6.63. The molecule has 0 amide bonds. The Balaban J connectivity index is 2.28. The zero-order valence-electron chi connectivity index (χ0n) is 11.1. The van der Waals surface area contributed by atoms with E-state index in [2.05, 4.69) is 30.9 Å². The maximum atomic E-state index is 9.86. The van der Waals surface area contributed by atoms with Crippen molar-refractivity contribution in [3.63, 3.8) is 0 Å². The van der Waals surface area contributed by atoms with E-state index in [1.807, 2.05) is 19.1 Å². The van der Waals surface area contributed by atoms with E-state index < -0.39 is 0 Å². The molecule has 1 aliphatic carbocycles. The van der Waals surface area contributed by atoms with Crippen molar-refractivity contribution in [1.29, 1.82) is 0 Å². The molecule has 1 aromatic carbocycles. The molecule has 0 heterocycles. The van der Waals surface area contributed by atoms with Crippen LogP contribution in [0.1, 0.15) is 45.3 Å². The van der Waals surface area contributed by atoms with Crippen molar-refractivity contribution >= 4 is 5.69 Å². The van der Waals surface area contributed by atoms with Crippen molar-refractivity contribution < 1.29 is 5.11 Å². The number of para-hydroxylation sites is 1. The first kappa shape index (κ1) is 12.4.